The molecule has 12 amide bonds. The van der Waals surface area contributed by atoms with Gasteiger partial charge in [0.25, 0.3) is 0 Å². The summed E-state index contributed by atoms with van der Waals surface area (Å²) in [6, 6.07) is -5.87. The topological polar surface area (TPSA) is 690 Å². The minimum absolute atomic E-state index is 0.00555. The lowest BCUT2D eigenvalue weighted by Gasteiger charge is -2.42. The minimum Gasteiger partial charge on any atom is -0.396 e. The average molecular weight is 1870 g/mol. The molecule has 3 saturated heterocycles. The molecule has 48 heteroatoms. The molecule has 23 N–H and O–H groups in total. The number of nitrogens with one attached hydrogen (secondary N) is 12. The lowest BCUT2D eigenvalue weighted by molar-refractivity contribution is -0.272. The lowest BCUT2D eigenvalue weighted by Crippen LogP contribution is -2.64. The van der Waals surface area contributed by atoms with Crippen molar-refractivity contribution in [2.45, 2.75) is 285 Å². The number of hydrogen-bond acceptors (Lipinski definition) is 34. The third-order valence-electron chi connectivity index (χ3n) is 20.7. The van der Waals surface area contributed by atoms with E-state index >= 15 is 0 Å². The van der Waals surface area contributed by atoms with Crippen molar-refractivity contribution < 1.29 is 170 Å². The number of unbranched alkanes of at least 4 members (excludes halogenated alkanes) is 11. The zero-order chi connectivity index (χ0) is 94.6. The van der Waals surface area contributed by atoms with Gasteiger partial charge in [0, 0.05) is 131 Å². The molecule has 3 fully saturated rings. The van der Waals surface area contributed by atoms with Gasteiger partial charge in [-0.15, -0.1) is 0 Å². The molecule has 128 heavy (non-hydrogen) atoms. The molecule has 3 aliphatic rings. The van der Waals surface area contributed by atoms with Crippen LogP contribution in [0.3, 0.4) is 0 Å². The molecular weight excluding hydrogens is 1720 g/mol. The predicted octanol–water partition coefficient (Wildman–Crippen LogP) is -6.18. The molecule has 0 radical (unpaired) electrons. The molecule has 0 bridgehead atoms. The maximum Gasteiger partial charge on any atom is 0.471 e. The molecule has 0 aromatic heterocycles. The first-order valence-electron chi connectivity index (χ1n) is 44.2. The van der Waals surface area contributed by atoms with E-state index < -0.39 is 197 Å². The van der Waals surface area contributed by atoms with Gasteiger partial charge in [0.2, 0.25) is 70.9 Å². The van der Waals surface area contributed by atoms with E-state index in [1.165, 1.54) is 20.8 Å². The monoisotopic (exact) mass is 1860 g/mol. The molecule has 740 valence electrons. The number of rotatable bonds is 72. The fourth-order valence-corrected chi connectivity index (χ4v) is 14.0. The second-order valence-electron chi connectivity index (χ2n) is 31.2. The summed E-state index contributed by atoms with van der Waals surface area (Å²) in [5.74, 6) is -6.30. The molecule has 0 aromatic carbocycles. The van der Waals surface area contributed by atoms with Crippen molar-refractivity contribution in [3.05, 3.63) is 0 Å². The summed E-state index contributed by atoms with van der Waals surface area (Å²) < 4.78 is 70.8. The van der Waals surface area contributed by atoms with Crippen LogP contribution in [-0.4, -0.2) is 376 Å². The SMILES string of the molecule is COP(=O)(O)OCC(CO)CCCCNC(=O)CCCCCCCCCCCNC(=O)[C@H](CCCCNC(=O)CCC(=O)NCCOCCOC1OC(CO)C(O)C(O)C1NC(C)=O)NC(=O)[C@H](CCCCNC(=O)CCC(=O)NCCOCCOC1OC(CO)C(O)C(O)C1NC(C)=O)NC(=O)CCC(=O)NCCOCCOC1OC(CO)C(O)C(O)C1NC(C)=O. The van der Waals surface area contributed by atoms with E-state index in [1.54, 1.807) is 0 Å². The van der Waals surface area contributed by atoms with E-state index in [0.29, 0.717) is 51.5 Å². The second-order valence-corrected chi connectivity index (χ2v) is 32.8. The van der Waals surface area contributed by atoms with Gasteiger partial charge in [-0.05, 0) is 64.2 Å². The van der Waals surface area contributed by atoms with Gasteiger partial charge in [-0.1, -0.05) is 51.4 Å². The van der Waals surface area contributed by atoms with Crippen molar-refractivity contribution in [2.24, 2.45) is 5.92 Å². The van der Waals surface area contributed by atoms with E-state index in [4.69, 9.17) is 47.2 Å². The van der Waals surface area contributed by atoms with E-state index in [1.807, 2.05) is 0 Å². The maximum absolute atomic E-state index is 14.5. The molecule has 0 aromatic rings. The van der Waals surface area contributed by atoms with Crippen molar-refractivity contribution in [3.63, 3.8) is 0 Å². The van der Waals surface area contributed by atoms with Crippen LogP contribution in [-0.2, 0) is 114 Å². The van der Waals surface area contributed by atoms with Crippen LogP contribution in [0.1, 0.15) is 181 Å². The van der Waals surface area contributed by atoms with Gasteiger partial charge in [0.05, 0.1) is 85.9 Å². The van der Waals surface area contributed by atoms with E-state index in [-0.39, 0.29) is 188 Å². The van der Waals surface area contributed by atoms with Gasteiger partial charge in [-0.25, -0.2) is 4.57 Å². The highest BCUT2D eigenvalue weighted by atomic mass is 31.2. The van der Waals surface area contributed by atoms with Gasteiger partial charge >= 0.3 is 7.82 Å². The highest BCUT2D eigenvalue weighted by molar-refractivity contribution is 7.47. The van der Waals surface area contributed by atoms with E-state index in [2.05, 4.69) is 68.3 Å². The van der Waals surface area contributed by atoms with Crippen LogP contribution >= 0.6 is 7.82 Å². The van der Waals surface area contributed by atoms with Gasteiger partial charge < -0.3 is 162 Å². The summed E-state index contributed by atoms with van der Waals surface area (Å²) >= 11 is 0. The fourth-order valence-electron chi connectivity index (χ4n) is 13.5. The number of ether oxygens (including phenoxy) is 9. The number of carbonyl (C=O) groups excluding carboxylic acids is 12. The quantitative estimate of drug-likeness (QED) is 0.0199. The Labute approximate surface area is 746 Å². The largest absolute Gasteiger partial charge is 0.471 e. The first-order chi connectivity index (χ1) is 61.3. The number of phosphoric acid groups is 1. The molecule has 19 atom stereocenters. The zero-order valence-corrected chi connectivity index (χ0v) is 75.0. The Morgan fingerprint density at radius 2 is 0.648 bits per heavy atom. The summed E-state index contributed by atoms with van der Waals surface area (Å²) in [4.78, 5) is 164. The number of carbonyl (C=O) groups is 12. The fraction of sp³-hybridized carbons (Fsp3) is 0.850. The molecule has 0 saturated carbocycles. The third-order valence-corrected chi connectivity index (χ3v) is 21.6. The Balaban J connectivity index is 1.59. The summed E-state index contributed by atoms with van der Waals surface area (Å²) in [6.45, 7) is 2.09. The summed E-state index contributed by atoms with van der Waals surface area (Å²) in [5, 5.41) is 133. The molecule has 47 nitrogen and oxygen atoms in total. The van der Waals surface area contributed by atoms with E-state index in [9.17, 15) is 118 Å². The molecule has 17 unspecified atom stereocenters. The number of phosphoric ester groups is 1. The summed E-state index contributed by atoms with van der Waals surface area (Å²) in [5.41, 5.74) is 0. The number of hydrogen-bond donors (Lipinski definition) is 23. The standard InChI is InChI=1S/C80H145N12O35P/c1-51(97)88-67-73(110)70(107)57(47-94)125-78(67)121-43-40-118-37-34-84-63(103)26-24-61(101)82-31-18-14-21-55(76(113)87-33-16-11-9-7-5-6-8-10-12-23-60(100)81-30-17-13-20-54(46-93)50-124-128(115,116)117-4)92-77(114)56(91-66(106)29-28-65(105)86-36-39-120-42-45-123-80-69(90-53(3)99)75(112)72(109)59(49-96)127-80)22-15-19-32-83-62(102)25-27-64(104)85-35-38-119-41-44-122-79-68(89-52(2)98)74(111)71(108)58(48-95)126-79/h54-59,67-75,78-80,93-96,107-112H,5-50H2,1-4H3,(H,81,100)(H,82,101)(H,83,102)(H,84,103)(H,85,104)(H,86,105)(H,87,113)(H,88,97)(H,89,98)(H,90,99)(H,91,106)(H,92,114)(H,115,116)/t54?,55-,56-,57?,58?,59?,67?,68?,69?,70?,71?,72?,73?,74?,75?,78?,79?,80?/m0/s1. The van der Waals surface area contributed by atoms with Crippen molar-refractivity contribution >= 4 is 78.7 Å². The maximum atomic E-state index is 14.5. The Kier molecular flexibility index (Phi) is 61.2. The molecule has 3 aliphatic heterocycles. The zero-order valence-electron chi connectivity index (χ0n) is 74.1. The third kappa shape index (κ3) is 50.0. The number of amides is 12. The van der Waals surface area contributed by atoms with Crippen molar-refractivity contribution in [1.29, 1.82) is 0 Å². The number of aliphatic hydroxyl groups excluding tert-OH is 10. The van der Waals surface area contributed by atoms with Gasteiger partial charge in [-0.3, -0.25) is 66.6 Å². The van der Waals surface area contributed by atoms with Crippen LogP contribution in [0.5, 0.6) is 0 Å². The van der Waals surface area contributed by atoms with Crippen LogP contribution in [0, 0.1) is 5.92 Å². The van der Waals surface area contributed by atoms with Crippen molar-refractivity contribution in [3.8, 4) is 0 Å². The first-order valence-corrected chi connectivity index (χ1v) is 45.7. The molecule has 0 spiro atoms. The van der Waals surface area contributed by atoms with Crippen LogP contribution in [0.15, 0.2) is 0 Å². The summed E-state index contributed by atoms with van der Waals surface area (Å²) in [7, 11) is -3.09. The van der Waals surface area contributed by atoms with Crippen molar-refractivity contribution in [1.82, 2.24) is 63.8 Å². The van der Waals surface area contributed by atoms with Crippen LogP contribution in [0.4, 0.5) is 0 Å². The van der Waals surface area contributed by atoms with Crippen LogP contribution in [0.2, 0.25) is 0 Å². The second kappa shape index (κ2) is 68.1. The average Bonchev–Trinajstić information content (AvgIpc) is 0.817. The van der Waals surface area contributed by atoms with E-state index in [0.717, 1.165) is 58.5 Å². The first kappa shape index (κ1) is 115. The summed E-state index contributed by atoms with van der Waals surface area (Å²) in [6.07, 6.45) is -6.54. The van der Waals surface area contributed by atoms with Gasteiger partial charge in [-0.2, -0.15) is 0 Å². The molecular formula is C80H145N12O35P. The number of aliphatic hydroxyl groups is 10. The van der Waals surface area contributed by atoms with Crippen LogP contribution < -0.4 is 63.8 Å². The van der Waals surface area contributed by atoms with Gasteiger partial charge in [0.15, 0.2) is 18.9 Å². The lowest BCUT2D eigenvalue weighted by atomic mass is 9.97. The highest BCUT2D eigenvalue weighted by Crippen LogP contribution is 2.42. The minimum atomic E-state index is -4.14. The smallest absolute Gasteiger partial charge is 0.396 e. The predicted molar refractivity (Wildman–Crippen MR) is 450 cm³/mol. The Bertz CT molecular complexity index is 3260. The molecule has 3 rings (SSSR count). The Morgan fingerprint density at radius 1 is 0.344 bits per heavy atom. The highest BCUT2D eigenvalue weighted by Gasteiger charge is 2.48. The Morgan fingerprint density at radius 3 is 0.992 bits per heavy atom. The van der Waals surface area contributed by atoms with Gasteiger partial charge in [0.1, 0.15) is 85.1 Å². The Hall–Kier alpha value is -7.01. The normalized spacial score (nSPS) is 23.3. The van der Waals surface area contributed by atoms with Crippen LogP contribution in [0.25, 0.3) is 0 Å². The van der Waals surface area contributed by atoms with Crippen molar-refractivity contribution in [2.75, 3.05) is 145 Å². The molecule has 3 heterocycles. The molecule has 0 aliphatic carbocycles.